The number of fused-ring (bicyclic) bond motifs is 1. The van der Waals surface area contributed by atoms with E-state index in [1.165, 1.54) is 7.11 Å². The normalized spacial score (nSPS) is 12.0. The highest BCUT2D eigenvalue weighted by atomic mass is 35.5. The molecule has 2 aromatic carbocycles. The van der Waals surface area contributed by atoms with E-state index in [1.807, 2.05) is 0 Å². The lowest BCUT2D eigenvalue weighted by Crippen LogP contribution is -2.09. The number of carbonyl (C=O) groups excluding carboxylic acids is 1. The standard InChI is InChI=1S/C18H17ClO6/c1-21-13-4-3-12(15(8-13)22-2)7-17(20)23-9-11-5-14(19)18-16(6-11)24-10-25-18/h3-6,8H,7,9-10H2,1-2H3. The van der Waals surface area contributed by atoms with E-state index < -0.39 is 0 Å². The van der Waals surface area contributed by atoms with Gasteiger partial charge in [0.05, 0.1) is 25.7 Å². The maximum absolute atomic E-state index is 12.1. The first-order valence-electron chi connectivity index (χ1n) is 7.55. The van der Waals surface area contributed by atoms with E-state index in [9.17, 15) is 4.79 Å². The van der Waals surface area contributed by atoms with Crippen molar-refractivity contribution in [3.05, 3.63) is 46.5 Å². The average Bonchev–Trinajstić information content (AvgIpc) is 3.09. The molecule has 0 saturated carbocycles. The molecule has 132 valence electrons. The van der Waals surface area contributed by atoms with Crippen molar-refractivity contribution < 1.29 is 28.5 Å². The van der Waals surface area contributed by atoms with Crippen molar-refractivity contribution in [2.75, 3.05) is 21.0 Å². The molecule has 3 rings (SSSR count). The molecule has 0 radical (unpaired) electrons. The van der Waals surface area contributed by atoms with Gasteiger partial charge in [0.15, 0.2) is 11.5 Å². The lowest BCUT2D eigenvalue weighted by molar-refractivity contribution is -0.144. The summed E-state index contributed by atoms with van der Waals surface area (Å²) in [6, 6.07) is 8.70. The van der Waals surface area contributed by atoms with E-state index >= 15 is 0 Å². The Kier molecular flexibility index (Phi) is 5.19. The van der Waals surface area contributed by atoms with Crippen LogP contribution in [0.5, 0.6) is 23.0 Å². The Balaban J connectivity index is 1.63. The second-order valence-corrected chi connectivity index (χ2v) is 5.73. The molecule has 0 N–H and O–H groups in total. The fraction of sp³-hybridized carbons (Fsp3) is 0.278. The fourth-order valence-corrected chi connectivity index (χ4v) is 2.76. The Morgan fingerprint density at radius 1 is 1.16 bits per heavy atom. The number of benzene rings is 2. The van der Waals surface area contributed by atoms with Gasteiger partial charge in [-0.05, 0) is 23.8 Å². The summed E-state index contributed by atoms with van der Waals surface area (Å²) in [4.78, 5) is 12.1. The Bertz CT molecular complexity index is 789. The van der Waals surface area contributed by atoms with E-state index in [0.717, 1.165) is 11.1 Å². The van der Waals surface area contributed by atoms with Gasteiger partial charge in [-0.15, -0.1) is 0 Å². The summed E-state index contributed by atoms with van der Waals surface area (Å²) in [7, 11) is 3.11. The first-order chi connectivity index (χ1) is 12.1. The molecule has 1 aliphatic rings. The van der Waals surface area contributed by atoms with E-state index in [0.29, 0.717) is 28.0 Å². The van der Waals surface area contributed by atoms with Gasteiger partial charge in [-0.1, -0.05) is 17.7 Å². The molecule has 0 amide bonds. The number of methoxy groups -OCH3 is 2. The summed E-state index contributed by atoms with van der Waals surface area (Å²) in [5.74, 6) is 1.92. The minimum atomic E-state index is -0.378. The number of hydrogen-bond acceptors (Lipinski definition) is 6. The van der Waals surface area contributed by atoms with Gasteiger partial charge in [-0.2, -0.15) is 0 Å². The monoisotopic (exact) mass is 364 g/mol. The number of hydrogen-bond donors (Lipinski definition) is 0. The third kappa shape index (κ3) is 3.91. The van der Waals surface area contributed by atoms with Crippen molar-refractivity contribution in [2.45, 2.75) is 13.0 Å². The minimum absolute atomic E-state index is 0.0887. The number of halogens is 1. The van der Waals surface area contributed by atoms with Crippen LogP contribution in [0.4, 0.5) is 0 Å². The van der Waals surface area contributed by atoms with Gasteiger partial charge in [-0.25, -0.2) is 0 Å². The highest BCUT2D eigenvalue weighted by Crippen LogP contribution is 2.39. The predicted molar refractivity (Wildman–Crippen MR) is 90.6 cm³/mol. The molecule has 1 heterocycles. The van der Waals surface area contributed by atoms with Gasteiger partial charge >= 0.3 is 5.97 Å². The number of esters is 1. The number of ether oxygens (including phenoxy) is 5. The second-order valence-electron chi connectivity index (χ2n) is 5.33. The number of rotatable bonds is 6. The average molecular weight is 365 g/mol. The quantitative estimate of drug-likeness (QED) is 0.732. The zero-order valence-electron chi connectivity index (χ0n) is 13.8. The van der Waals surface area contributed by atoms with E-state index in [2.05, 4.69) is 0 Å². The summed E-state index contributed by atoms with van der Waals surface area (Å²) in [5.41, 5.74) is 1.45. The molecule has 0 fully saturated rings. The van der Waals surface area contributed by atoms with Crippen LogP contribution in [0.1, 0.15) is 11.1 Å². The van der Waals surface area contributed by atoms with Crippen LogP contribution in [-0.2, 0) is 22.6 Å². The summed E-state index contributed by atoms with van der Waals surface area (Å²) < 4.78 is 26.3. The topological polar surface area (TPSA) is 63.2 Å². The van der Waals surface area contributed by atoms with Crippen molar-refractivity contribution in [3.63, 3.8) is 0 Å². The summed E-state index contributed by atoms with van der Waals surface area (Å²) in [5, 5.41) is 0.429. The molecule has 0 atom stereocenters. The summed E-state index contributed by atoms with van der Waals surface area (Å²) >= 11 is 6.11. The zero-order valence-corrected chi connectivity index (χ0v) is 14.6. The Hall–Kier alpha value is -2.60. The largest absolute Gasteiger partial charge is 0.497 e. The smallest absolute Gasteiger partial charge is 0.310 e. The molecule has 1 aliphatic heterocycles. The second kappa shape index (κ2) is 7.53. The SMILES string of the molecule is COc1ccc(CC(=O)OCc2cc(Cl)c3c(c2)OCO3)c(OC)c1. The summed E-state index contributed by atoms with van der Waals surface area (Å²) in [6.07, 6.45) is 0.0887. The van der Waals surface area contributed by atoms with Crippen molar-refractivity contribution in [3.8, 4) is 23.0 Å². The highest BCUT2D eigenvalue weighted by molar-refractivity contribution is 6.32. The van der Waals surface area contributed by atoms with Crippen LogP contribution in [0, 0.1) is 0 Å². The van der Waals surface area contributed by atoms with Gasteiger partial charge in [-0.3, -0.25) is 4.79 Å². The van der Waals surface area contributed by atoms with Gasteiger partial charge < -0.3 is 23.7 Å². The minimum Gasteiger partial charge on any atom is -0.497 e. The molecule has 0 unspecified atom stereocenters. The van der Waals surface area contributed by atoms with Crippen LogP contribution < -0.4 is 18.9 Å². The van der Waals surface area contributed by atoms with Crippen LogP contribution in [0.3, 0.4) is 0 Å². The molecule has 0 spiro atoms. The van der Waals surface area contributed by atoms with Crippen LogP contribution in [0.2, 0.25) is 5.02 Å². The van der Waals surface area contributed by atoms with Crippen molar-refractivity contribution in [2.24, 2.45) is 0 Å². The molecule has 2 aromatic rings. The van der Waals surface area contributed by atoms with Crippen LogP contribution in [0.25, 0.3) is 0 Å². The van der Waals surface area contributed by atoms with Crippen LogP contribution in [0.15, 0.2) is 30.3 Å². The molecule has 0 bridgehead atoms. The maximum Gasteiger partial charge on any atom is 0.310 e. The van der Waals surface area contributed by atoms with Gasteiger partial charge in [0.1, 0.15) is 18.1 Å². The third-order valence-electron chi connectivity index (χ3n) is 3.72. The Morgan fingerprint density at radius 3 is 2.76 bits per heavy atom. The first-order valence-corrected chi connectivity index (χ1v) is 7.93. The fourth-order valence-electron chi connectivity index (χ4n) is 2.47. The Morgan fingerprint density at radius 2 is 2.00 bits per heavy atom. The molecular weight excluding hydrogens is 348 g/mol. The van der Waals surface area contributed by atoms with E-state index in [4.69, 9.17) is 35.3 Å². The van der Waals surface area contributed by atoms with Crippen molar-refractivity contribution >= 4 is 17.6 Å². The predicted octanol–water partition coefficient (Wildman–Crippen LogP) is 3.37. The van der Waals surface area contributed by atoms with Crippen LogP contribution in [-0.4, -0.2) is 27.0 Å². The number of carbonyl (C=O) groups is 1. The molecule has 0 saturated heterocycles. The lowest BCUT2D eigenvalue weighted by atomic mass is 10.1. The lowest BCUT2D eigenvalue weighted by Gasteiger charge is -2.11. The molecule has 7 heteroatoms. The molecular formula is C18H17ClO6. The van der Waals surface area contributed by atoms with Gasteiger partial charge in [0.25, 0.3) is 0 Å². The van der Waals surface area contributed by atoms with Crippen molar-refractivity contribution in [1.82, 2.24) is 0 Å². The van der Waals surface area contributed by atoms with Gasteiger partial charge in [0.2, 0.25) is 6.79 Å². The Labute approximate surface area is 150 Å². The van der Waals surface area contributed by atoms with E-state index in [1.54, 1.807) is 37.4 Å². The molecule has 6 nitrogen and oxygen atoms in total. The van der Waals surface area contributed by atoms with Crippen molar-refractivity contribution in [1.29, 1.82) is 0 Å². The highest BCUT2D eigenvalue weighted by Gasteiger charge is 2.19. The third-order valence-corrected chi connectivity index (χ3v) is 4.00. The molecule has 0 aromatic heterocycles. The first kappa shape index (κ1) is 17.2. The zero-order chi connectivity index (χ0) is 17.8. The van der Waals surface area contributed by atoms with E-state index in [-0.39, 0.29) is 25.8 Å². The summed E-state index contributed by atoms with van der Waals surface area (Å²) in [6.45, 7) is 0.225. The van der Waals surface area contributed by atoms with Gasteiger partial charge in [0, 0.05) is 11.6 Å². The van der Waals surface area contributed by atoms with Crippen LogP contribution >= 0.6 is 11.6 Å². The molecule has 0 aliphatic carbocycles. The maximum atomic E-state index is 12.1. The molecule has 25 heavy (non-hydrogen) atoms.